The summed E-state index contributed by atoms with van der Waals surface area (Å²) >= 11 is 0. The Morgan fingerprint density at radius 3 is 2.78 bits per heavy atom. The lowest BCUT2D eigenvalue weighted by Gasteiger charge is -2.32. The summed E-state index contributed by atoms with van der Waals surface area (Å²) in [6.45, 7) is 3.38. The maximum Gasteiger partial charge on any atom is 0.259 e. The molecule has 144 valence electrons. The Labute approximate surface area is 157 Å². The molecule has 4 heterocycles. The van der Waals surface area contributed by atoms with Crippen LogP contribution in [0.5, 0.6) is 5.75 Å². The fourth-order valence-corrected chi connectivity index (χ4v) is 4.10. The van der Waals surface area contributed by atoms with Crippen LogP contribution in [0.2, 0.25) is 0 Å². The van der Waals surface area contributed by atoms with E-state index in [0.717, 1.165) is 37.4 Å². The van der Waals surface area contributed by atoms with E-state index in [1.165, 1.54) is 13.2 Å². The maximum atomic E-state index is 13.4. The molecule has 2 aliphatic rings. The van der Waals surface area contributed by atoms with Gasteiger partial charge in [0.25, 0.3) is 11.5 Å². The van der Waals surface area contributed by atoms with Gasteiger partial charge in [-0.25, -0.2) is 4.98 Å². The van der Waals surface area contributed by atoms with Crippen LogP contribution in [0.3, 0.4) is 0 Å². The molecular weight excluding hydrogens is 346 g/mol. The molecular formula is C19H25N5O3. The molecule has 0 atom stereocenters. The van der Waals surface area contributed by atoms with Crippen molar-refractivity contribution < 1.29 is 9.53 Å². The molecule has 2 N–H and O–H groups in total. The number of carbonyl (C=O) groups excluding carboxylic acids is 1. The van der Waals surface area contributed by atoms with Crippen LogP contribution in [-0.2, 0) is 13.0 Å². The van der Waals surface area contributed by atoms with E-state index >= 15 is 0 Å². The van der Waals surface area contributed by atoms with Crippen LogP contribution >= 0.6 is 0 Å². The molecule has 8 heteroatoms. The van der Waals surface area contributed by atoms with Gasteiger partial charge in [-0.15, -0.1) is 0 Å². The van der Waals surface area contributed by atoms with Gasteiger partial charge in [-0.2, -0.15) is 0 Å². The SMILES string of the molecule is COc1cc(=O)n2c(c1C(=O)N1CCC(c3ncc[nH]3)CC1)CCNCC2. The van der Waals surface area contributed by atoms with Gasteiger partial charge in [0.2, 0.25) is 0 Å². The summed E-state index contributed by atoms with van der Waals surface area (Å²) < 4.78 is 7.14. The second-order valence-corrected chi connectivity index (χ2v) is 7.07. The molecule has 27 heavy (non-hydrogen) atoms. The highest BCUT2D eigenvalue weighted by molar-refractivity contribution is 5.98. The van der Waals surface area contributed by atoms with Gasteiger partial charge < -0.3 is 24.5 Å². The van der Waals surface area contributed by atoms with Gasteiger partial charge in [-0.3, -0.25) is 9.59 Å². The first-order valence-corrected chi connectivity index (χ1v) is 9.49. The second-order valence-electron chi connectivity index (χ2n) is 7.07. The number of methoxy groups -OCH3 is 1. The number of aromatic amines is 1. The Morgan fingerprint density at radius 2 is 2.07 bits per heavy atom. The lowest BCUT2D eigenvalue weighted by Crippen LogP contribution is -2.40. The van der Waals surface area contributed by atoms with Gasteiger partial charge in [0.1, 0.15) is 17.1 Å². The first-order valence-electron chi connectivity index (χ1n) is 9.49. The van der Waals surface area contributed by atoms with E-state index in [1.807, 2.05) is 11.1 Å². The Bertz CT molecular complexity index is 866. The van der Waals surface area contributed by atoms with Crippen molar-refractivity contribution in [2.24, 2.45) is 0 Å². The standard InChI is InChI=1S/C19H25N5O3/c1-27-15-12-16(25)24-11-8-20-5-2-14(24)17(15)19(26)23-9-3-13(4-10-23)18-21-6-7-22-18/h6-7,12-13,20H,2-5,8-11H2,1H3,(H,21,22). The van der Waals surface area contributed by atoms with Gasteiger partial charge in [-0.05, 0) is 12.8 Å². The molecule has 0 aromatic carbocycles. The molecule has 2 aromatic heterocycles. The number of H-pyrrole nitrogens is 1. The van der Waals surface area contributed by atoms with Crippen molar-refractivity contribution >= 4 is 5.91 Å². The lowest BCUT2D eigenvalue weighted by molar-refractivity contribution is 0.0705. The number of nitrogens with one attached hydrogen (secondary N) is 2. The molecule has 0 unspecified atom stereocenters. The summed E-state index contributed by atoms with van der Waals surface area (Å²) in [6, 6.07) is 1.44. The van der Waals surface area contributed by atoms with Crippen molar-refractivity contribution in [3.63, 3.8) is 0 Å². The molecule has 4 rings (SSSR count). The number of piperidine rings is 1. The number of aromatic nitrogens is 3. The molecule has 2 aliphatic heterocycles. The molecule has 0 bridgehead atoms. The van der Waals surface area contributed by atoms with Crippen molar-refractivity contribution in [2.45, 2.75) is 31.7 Å². The minimum absolute atomic E-state index is 0.0459. The smallest absolute Gasteiger partial charge is 0.259 e. The van der Waals surface area contributed by atoms with Crippen LogP contribution in [0.15, 0.2) is 23.3 Å². The predicted molar refractivity (Wildman–Crippen MR) is 100 cm³/mol. The summed E-state index contributed by atoms with van der Waals surface area (Å²) in [4.78, 5) is 35.2. The van der Waals surface area contributed by atoms with Gasteiger partial charge in [-0.1, -0.05) is 0 Å². The summed E-state index contributed by atoms with van der Waals surface area (Å²) in [7, 11) is 1.51. The highest BCUT2D eigenvalue weighted by Crippen LogP contribution is 2.29. The Morgan fingerprint density at radius 1 is 1.26 bits per heavy atom. The van der Waals surface area contributed by atoms with Crippen molar-refractivity contribution in [1.82, 2.24) is 24.8 Å². The number of carbonyl (C=O) groups is 1. The van der Waals surface area contributed by atoms with Crippen LogP contribution < -0.4 is 15.6 Å². The zero-order chi connectivity index (χ0) is 18.8. The summed E-state index contributed by atoms with van der Waals surface area (Å²) in [6.07, 6.45) is 5.98. The highest BCUT2D eigenvalue weighted by atomic mass is 16.5. The monoisotopic (exact) mass is 371 g/mol. The molecule has 1 amide bonds. The molecule has 0 saturated carbocycles. The summed E-state index contributed by atoms with van der Waals surface area (Å²) in [5.74, 6) is 1.68. The first-order chi connectivity index (χ1) is 13.2. The number of pyridine rings is 1. The second kappa shape index (κ2) is 7.56. The van der Waals surface area contributed by atoms with E-state index < -0.39 is 0 Å². The van der Waals surface area contributed by atoms with Crippen LogP contribution in [0.1, 0.15) is 40.6 Å². The number of nitrogens with zero attached hydrogens (tertiary/aromatic N) is 3. The minimum atomic E-state index is -0.112. The minimum Gasteiger partial charge on any atom is -0.496 e. The fraction of sp³-hybridized carbons (Fsp3) is 0.526. The number of fused-ring (bicyclic) bond motifs is 1. The van der Waals surface area contributed by atoms with Crippen LogP contribution in [0.4, 0.5) is 0 Å². The predicted octanol–water partition coefficient (Wildman–Crippen LogP) is 0.746. The van der Waals surface area contributed by atoms with E-state index in [4.69, 9.17) is 4.74 Å². The highest BCUT2D eigenvalue weighted by Gasteiger charge is 2.30. The molecule has 8 nitrogen and oxygen atoms in total. The van der Waals surface area contributed by atoms with Crippen molar-refractivity contribution in [2.75, 3.05) is 33.3 Å². The van der Waals surface area contributed by atoms with Gasteiger partial charge >= 0.3 is 0 Å². The van der Waals surface area contributed by atoms with Crippen molar-refractivity contribution in [1.29, 1.82) is 0 Å². The number of ether oxygens (including phenoxy) is 1. The van der Waals surface area contributed by atoms with Crippen LogP contribution in [0, 0.1) is 0 Å². The fourth-order valence-electron chi connectivity index (χ4n) is 4.10. The number of imidazole rings is 1. The van der Waals surface area contributed by atoms with E-state index in [0.29, 0.717) is 43.3 Å². The first kappa shape index (κ1) is 17.8. The zero-order valence-electron chi connectivity index (χ0n) is 15.5. The van der Waals surface area contributed by atoms with Crippen molar-refractivity contribution in [3.8, 4) is 5.75 Å². The third kappa shape index (κ3) is 3.37. The van der Waals surface area contributed by atoms with Gasteiger partial charge in [0.05, 0.1) is 7.11 Å². The summed E-state index contributed by atoms with van der Waals surface area (Å²) in [5.41, 5.74) is 1.21. The number of hydrogen-bond acceptors (Lipinski definition) is 5. The third-order valence-corrected chi connectivity index (χ3v) is 5.55. The van der Waals surface area contributed by atoms with E-state index in [1.54, 1.807) is 10.8 Å². The zero-order valence-corrected chi connectivity index (χ0v) is 15.5. The Hall–Kier alpha value is -2.61. The molecule has 1 fully saturated rings. The number of rotatable bonds is 3. The Kier molecular flexibility index (Phi) is 4.98. The normalized spacial score (nSPS) is 18.0. The van der Waals surface area contributed by atoms with Crippen molar-refractivity contribution in [3.05, 3.63) is 45.9 Å². The maximum absolute atomic E-state index is 13.4. The van der Waals surface area contributed by atoms with E-state index in [-0.39, 0.29) is 11.5 Å². The Balaban J connectivity index is 1.61. The quantitative estimate of drug-likeness (QED) is 0.831. The van der Waals surface area contributed by atoms with Crippen LogP contribution in [-0.4, -0.2) is 58.6 Å². The van der Waals surface area contributed by atoms with Gasteiger partial charge in [0, 0.05) is 69.2 Å². The summed E-state index contributed by atoms with van der Waals surface area (Å²) in [5, 5.41) is 3.29. The number of likely N-dealkylation sites (tertiary alicyclic amines) is 1. The molecule has 0 spiro atoms. The topological polar surface area (TPSA) is 92.2 Å². The lowest BCUT2D eigenvalue weighted by atomic mass is 9.95. The molecule has 1 saturated heterocycles. The third-order valence-electron chi connectivity index (χ3n) is 5.55. The molecule has 0 aliphatic carbocycles. The average Bonchev–Trinajstić information content (AvgIpc) is 3.12. The van der Waals surface area contributed by atoms with Gasteiger partial charge in [0.15, 0.2) is 0 Å². The van der Waals surface area contributed by atoms with Crippen LogP contribution in [0.25, 0.3) is 0 Å². The van der Waals surface area contributed by atoms with E-state index in [9.17, 15) is 9.59 Å². The largest absolute Gasteiger partial charge is 0.496 e. The molecule has 0 radical (unpaired) electrons. The van der Waals surface area contributed by atoms with E-state index in [2.05, 4.69) is 15.3 Å². The number of amides is 1. The average molecular weight is 371 g/mol. The number of hydrogen-bond donors (Lipinski definition) is 2. The molecule has 2 aromatic rings.